The molecule has 2 nitrogen and oxygen atoms in total. The number of nitrogens with two attached hydrogens (primary N) is 1. The van der Waals surface area contributed by atoms with E-state index in [1.54, 1.807) is 12.1 Å². The number of halogens is 1. The van der Waals surface area contributed by atoms with E-state index in [4.69, 9.17) is 17.3 Å². The largest absolute Gasteiger partial charge is 0.324 e. The zero-order chi connectivity index (χ0) is 9.14. The van der Waals surface area contributed by atoms with Crippen LogP contribution in [0.2, 0.25) is 5.02 Å². The lowest BCUT2D eigenvalue weighted by atomic mass is 10.1. The minimum Gasteiger partial charge on any atom is -0.324 e. The first kappa shape index (κ1) is 9.23. The molecule has 0 aliphatic heterocycles. The molecule has 0 spiro atoms. The third-order valence-electron chi connectivity index (χ3n) is 1.68. The van der Waals surface area contributed by atoms with E-state index >= 15 is 0 Å². The molecule has 1 rings (SSSR count). The maximum Gasteiger partial charge on any atom is 0.176 e. The highest BCUT2D eigenvalue weighted by molar-refractivity contribution is 6.31. The number of Topliss-reactive ketones (excluding diaryl/α,β-unsaturated/α-hetero) is 1. The summed E-state index contributed by atoms with van der Waals surface area (Å²) in [5, 5.41) is 0.606. The number of benzene rings is 1. The van der Waals surface area contributed by atoms with E-state index < -0.39 is 0 Å². The summed E-state index contributed by atoms with van der Waals surface area (Å²) in [6.45, 7) is 1.92. The van der Waals surface area contributed by atoms with Gasteiger partial charge in [0.2, 0.25) is 0 Å². The van der Waals surface area contributed by atoms with Crippen LogP contribution in [-0.2, 0) is 0 Å². The van der Waals surface area contributed by atoms with Crippen molar-refractivity contribution < 1.29 is 4.79 Å². The molecule has 0 aromatic heterocycles. The van der Waals surface area contributed by atoms with Crippen molar-refractivity contribution in [3.05, 3.63) is 34.3 Å². The third kappa shape index (κ3) is 1.84. The van der Waals surface area contributed by atoms with E-state index in [9.17, 15) is 4.79 Å². The highest BCUT2D eigenvalue weighted by Gasteiger charge is 2.04. The van der Waals surface area contributed by atoms with Gasteiger partial charge in [0.25, 0.3) is 0 Å². The molecule has 0 atom stereocenters. The van der Waals surface area contributed by atoms with Crippen LogP contribution in [0.4, 0.5) is 0 Å². The monoisotopic (exact) mass is 183 g/mol. The van der Waals surface area contributed by atoms with Gasteiger partial charge in [0, 0.05) is 10.6 Å². The molecule has 0 heterocycles. The third-order valence-corrected chi connectivity index (χ3v) is 2.09. The number of rotatable bonds is 2. The summed E-state index contributed by atoms with van der Waals surface area (Å²) in [5.74, 6) is -0.0862. The molecule has 0 bridgehead atoms. The number of aryl methyl sites for hydroxylation is 1. The number of carbonyl (C=O) groups excluding carboxylic acids is 1. The molecule has 2 N–H and O–H groups in total. The van der Waals surface area contributed by atoms with Gasteiger partial charge in [-0.2, -0.15) is 0 Å². The van der Waals surface area contributed by atoms with Crippen LogP contribution in [0.25, 0.3) is 0 Å². The molecule has 0 radical (unpaired) electrons. The molecule has 0 amide bonds. The van der Waals surface area contributed by atoms with Crippen LogP contribution in [0.1, 0.15) is 15.9 Å². The van der Waals surface area contributed by atoms with E-state index in [0.29, 0.717) is 10.6 Å². The lowest BCUT2D eigenvalue weighted by molar-refractivity contribution is 0.100. The molecule has 1 aromatic carbocycles. The molecular weight excluding hydrogens is 174 g/mol. The van der Waals surface area contributed by atoms with Crippen molar-refractivity contribution in [3.8, 4) is 0 Å². The lowest BCUT2D eigenvalue weighted by Crippen LogP contribution is -2.13. The van der Waals surface area contributed by atoms with Gasteiger partial charge in [0.05, 0.1) is 6.54 Å². The molecule has 64 valence electrons. The van der Waals surface area contributed by atoms with Gasteiger partial charge in [-0.25, -0.2) is 0 Å². The van der Waals surface area contributed by atoms with Crippen molar-refractivity contribution in [3.63, 3.8) is 0 Å². The molecule has 12 heavy (non-hydrogen) atoms. The molecule has 0 fully saturated rings. The minimum atomic E-state index is -0.0862. The Balaban J connectivity index is 3.05. The highest BCUT2D eigenvalue weighted by atomic mass is 35.5. The molecule has 0 saturated heterocycles. The summed E-state index contributed by atoms with van der Waals surface area (Å²) >= 11 is 5.82. The van der Waals surface area contributed by atoms with Gasteiger partial charge in [-0.1, -0.05) is 23.7 Å². The first-order valence-electron chi connectivity index (χ1n) is 3.64. The van der Waals surface area contributed by atoms with Gasteiger partial charge in [-0.05, 0) is 18.6 Å². The fourth-order valence-corrected chi connectivity index (χ4v) is 1.06. The molecule has 1 aromatic rings. The fourth-order valence-electron chi connectivity index (χ4n) is 0.884. The van der Waals surface area contributed by atoms with E-state index in [2.05, 4.69) is 0 Å². The van der Waals surface area contributed by atoms with E-state index in [1.165, 1.54) is 0 Å². The summed E-state index contributed by atoms with van der Waals surface area (Å²) in [6.07, 6.45) is 0. The van der Waals surface area contributed by atoms with Crippen LogP contribution in [0.15, 0.2) is 18.2 Å². The molecule has 0 unspecified atom stereocenters. The standard InChI is InChI=1S/C9H10ClNO/c1-6-2-3-7(4-8(6)10)9(12)5-11/h2-4H,5,11H2,1H3. The van der Waals surface area contributed by atoms with Crippen LogP contribution in [0, 0.1) is 6.92 Å². The Bertz CT molecular complexity index is 309. The zero-order valence-electron chi connectivity index (χ0n) is 6.80. The smallest absolute Gasteiger partial charge is 0.176 e. The van der Waals surface area contributed by atoms with E-state index in [1.807, 2.05) is 13.0 Å². The lowest BCUT2D eigenvalue weighted by Gasteiger charge is -2.00. The number of hydrogen-bond acceptors (Lipinski definition) is 2. The van der Waals surface area contributed by atoms with Gasteiger partial charge in [-0.15, -0.1) is 0 Å². The van der Waals surface area contributed by atoms with E-state index in [-0.39, 0.29) is 12.3 Å². The molecule has 0 aliphatic rings. The SMILES string of the molecule is Cc1ccc(C(=O)CN)cc1Cl. The van der Waals surface area contributed by atoms with Gasteiger partial charge in [0.15, 0.2) is 5.78 Å². The second-order valence-electron chi connectivity index (χ2n) is 2.59. The summed E-state index contributed by atoms with van der Waals surface area (Å²) < 4.78 is 0. The Kier molecular flexibility index (Phi) is 2.84. The average Bonchev–Trinajstić information content (AvgIpc) is 2.08. The minimum absolute atomic E-state index is 0.0272. The van der Waals surface area contributed by atoms with Crippen molar-refractivity contribution in [2.45, 2.75) is 6.92 Å². The fraction of sp³-hybridized carbons (Fsp3) is 0.222. The quantitative estimate of drug-likeness (QED) is 0.711. The van der Waals surface area contributed by atoms with Crippen molar-refractivity contribution in [1.29, 1.82) is 0 Å². The van der Waals surface area contributed by atoms with Gasteiger partial charge >= 0.3 is 0 Å². The zero-order valence-corrected chi connectivity index (χ0v) is 7.56. The van der Waals surface area contributed by atoms with Gasteiger partial charge < -0.3 is 5.73 Å². The Morgan fingerprint density at radius 1 is 1.58 bits per heavy atom. The average molecular weight is 184 g/mol. The molecule has 0 aliphatic carbocycles. The Morgan fingerprint density at radius 3 is 2.75 bits per heavy atom. The second kappa shape index (κ2) is 3.70. The highest BCUT2D eigenvalue weighted by Crippen LogP contribution is 2.16. The second-order valence-corrected chi connectivity index (χ2v) is 3.00. The first-order chi connectivity index (χ1) is 5.65. The Morgan fingerprint density at radius 2 is 2.25 bits per heavy atom. The number of ketones is 1. The van der Waals surface area contributed by atoms with Crippen LogP contribution >= 0.6 is 11.6 Å². The molecule has 3 heteroatoms. The molecular formula is C9H10ClNO. The normalized spacial score (nSPS) is 9.92. The summed E-state index contributed by atoms with van der Waals surface area (Å²) in [7, 11) is 0. The Hall–Kier alpha value is -0.860. The number of hydrogen-bond donors (Lipinski definition) is 1. The van der Waals surface area contributed by atoms with Crippen molar-refractivity contribution >= 4 is 17.4 Å². The van der Waals surface area contributed by atoms with Crippen LogP contribution < -0.4 is 5.73 Å². The van der Waals surface area contributed by atoms with E-state index in [0.717, 1.165) is 5.56 Å². The summed E-state index contributed by atoms with van der Waals surface area (Å²) in [6, 6.07) is 5.19. The Labute approximate surface area is 76.3 Å². The van der Waals surface area contributed by atoms with Crippen LogP contribution in [0.3, 0.4) is 0 Å². The van der Waals surface area contributed by atoms with Gasteiger partial charge in [0.1, 0.15) is 0 Å². The molecule has 0 saturated carbocycles. The van der Waals surface area contributed by atoms with Crippen molar-refractivity contribution in [2.24, 2.45) is 5.73 Å². The first-order valence-corrected chi connectivity index (χ1v) is 4.02. The number of carbonyl (C=O) groups is 1. The van der Waals surface area contributed by atoms with Crippen molar-refractivity contribution in [2.75, 3.05) is 6.54 Å². The maximum absolute atomic E-state index is 11.1. The van der Waals surface area contributed by atoms with Crippen LogP contribution in [-0.4, -0.2) is 12.3 Å². The summed E-state index contributed by atoms with van der Waals surface area (Å²) in [4.78, 5) is 11.1. The predicted octanol–water partition coefficient (Wildman–Crippen LogP) is 1.79. The topological polar surface area (TPSA) is 43.1 Å². The van der Waals surface area contributed by atoms with Crippen molar-refractivity contribution in [1.82, 2.24) is 0 Å². The van der Waals surface area contributed by atoms with Gasteiger partial charge in [-0.3, -0.25) is 4.79 Å². The summed E-state index contributed by atoms with van der Waals surface area (Å²) in [5.41, 5.74) is 6.74. The maximum atomic E-state index is 11.1. The predicted molar refractivity (Wildman–Crippen MR) is 49.6 cm³/mol. The van der Waals surface area contributed by atoms with Crippen LogP contribution in [0.5, 0.6) is 0 Å².